The normalized spacial score (nSPS) is 18.6. The molecule has 1 aliphatic heterocycles. The molecule has 0 saturated heterocycles. The molecule has 5 heteroatoms. The van der Waals surface area contributed by atoms with Crippen molar-refractivity contribution in [2.24, 2.45) is 10.7 Å². The Kier molecular flexibility index (Phi) is 4.04. The quantitative estimate of drug-likeness (QED) is 0.912. The average Bonchev–Trinajstić information content (AvgIpc) is 2.91. The molecule has 114 valence electrons. The van der Waals surface area contributed by atoms with Gasteiger partial charge in [0.1, 0.15) is 11.6 Å². The second-order valence-corrected chi connectivity index (χ2v) is 5.48. The van der Waals surface area contributed by atoms with E-state index in [9.17, 15) is 8.78 Å². The Hall–Kier alpha value is -2.43. The van der Waals surface area contributed by atoms with Crippen LogP contribution in [-0.4, -0.2) is 18.5 Å². The molecule has 0 fully saturated rings. The number of hydrogen-bond donors (Lipinski definition) is 2. The van der Waals surface area contributed by atoms with Crippen molar-refractivity contribution >= 4 is 5.96 Å². The molecule has 3 N–H and O–H groups in total. The lowest BCUT2D eigenvalue weighted by atomic mass is 9.86. The highest BCUT2D eigenvalue weighted by Gasteiger charge is 2.27. The van der Waals surface area contributed by atoms with E-state index in [1.54, 1.807) is 0 Å². The predicted molar refractivity (Wildman–Crippen MR) is 82.7 cm³/mol. The minimum atomic E-state index is -0.558. The van der Waals surface area contributed by atoms with E-state index in [0.717, 1.165) is 11.6 Å². The molecule has 1 heterocycles. The third-order valence-electron chi connectivity index (χ3n) is 3.88. The third kappa shape index (κ3) is 3.24. The highest BCUT2D eigenvalue weighted by Crippen LogP contribution is 2.27. The summed E-state index contributed by atoms with van der Waals surface area (Å²) in [5, 5.41) is 3.14. The molecule has 0 aliphatic carbocycles. The first-order valence-electron chi connectivity index (χ1n) is 7.18. The second kappa shape index (κ2) is 6.13. The molecular weight excluding hydrogens is 284 g/mol. The van der Waals surface area contributed by atoms with Crippen molar-refractivity contribution in [3.05, 3.63) is 71.3 Å². The van der Waals surface area contributed by atoms with Gasteiger partial charge in [-0.25, -0.2) is 8.78 Å². The van der Waals surface area contributed by atoms with Gasteiger partial charge in [-0.3, -0.25) is 4.99 Å². The van der Waals surface area contributed by atoms with Crippen LogP contribution in [0, 0.1) is 11.6 Å². The number of hydrogen-bond acceptors (Lipinski definition) is 3. The smallest absolute Gasteiger partial charge is 0.188 e. The highest BCUT2D eigenvalue weighted by molar-refractivity contribution is 5.80. The van der Waals surface area contributed by atoms with Crippen LogP contribution in [0.15, 0.2) is 53.5 Å². The lowest BCUT2D eigenvalue weighted by Crippen LogP contribution is -2.39. The number of aliphatic imine (C=N–C) groups is 1. The van der Waals surface area contributed by atoms with Crippen molar-refractivity contribution < 1.29 is 8.78 Å². The van der Waals surface area contributed by atoms with E-state index in [0.29, 0.717) is 24.5 Å². The SMILES string of the molecule is NC1=NCC(C(Cc2cc(F)cc(F)c2)c2ccccc2)N1. The Morgan fingerprint density at radius 1 is 1.14 bits per heavy atom. The Morgan fingerprint density at radius 2 is 1.82 bits per heavy atom. The maximum absolute atomic E-state index is 13.4. The van der Waals surface area contributed by atoms with E-state index >= 15 is 0 Å². The number of guanidine groups is 1. The molecule has 3 nitrogen and oxygen atoms in total. The minimum Gasteiger partial charge on any atom is -0.370 e. The molecule has 0 spiro atoms. The van der Waals surface area contributed by atoms with Gasteiger partial charge in [0.05, 0.1) is 12.6 Å². The largest absolute Gasteiger partial charge is 0.370 e. The fourth-order valence-corrected chi connectivity index (χ4v) is 2.88. The van der Waals surface area contributed by atoms with Gasteiger partial charge < -0.3 is 11.1 Å². The predicted octanol–water partition coefficient (Wildman–Crippen LogP) is 2.58. The van der Waals surface area contributed by atoms with E-state index in [-0.39, 0.29) is 12.0 Å². The van der Waals surface area contributed by atoms with Gasteiger partial charge in [0.2, 0.25) is 0 Å². The van der Waals surface area contributed by atoms with Crippen molar-refractivity contribution in [2.75, 3.05) is 6.54 Å². The summed E-state index contributed by atoms with van der Waals surface area (Å²) >= 11 is 0. The van der Waals surface area contributed by atoms with E-state index in [4.69, 9.17) is 5.73 Å². The van der Waals surface area contributed by atoms with Crippen LogP contribution in [0.3, 0.4) is 0 Å². The molecule has 0 saturated carbocycles. The minimum absolute atomic E-state index is 0.0220. The summed E-state index contributed by atoms with van der Waals surface area (Å²) in [5.41, 5.74) is 7.42. The van der Waals surface area contributed by atoms with Gasteiger partial charge >= 0.3 is 0 Å². The Labute approximate surface area is 127 Å². The molecule has 2 atom stereocenters. The van der Waals surface area contributed by atoms with Gasteiger partial charge in [-0.2, -0.15) is 0 Å². The standard InChI is InChI=1S/C17H17F2N3/c18-13-6-11(7-14(19)9-13)8-15(12-4-2-1-3-5-12)16-10-21-17(20)22-16/h1-7,9,15-16H,8,10H2,(H3,20,21,22). The monoisotopic (exact) mass is 301 g/mol. The molecule has 22 heavy (non-hydrogen) atoms. The molecule has 0 aromatic heterocycles. The van der Waals surface area contributed by atoms with Gasteiger partial charge in [-0.1, -0.05) is 30.3 Å². The Bertz CT molecular complexity index is 665. The first kappa shape index (κ1) is 14.5. The summed E-state index contributed by atoms with van der Waals surface area (Å²) in [6, 6.07) is 13.5. The summed E-state index contributed by atoms with van der Waals surface area (Å²) in [4.78, 5) is 4.18. The molecule has 2 aromatic carbocycles. The topological polar surface area (TPSA) is 50.4 Å². The van der Waals surface area contributed by atoms with Gasteiger partial charge in [-0.05, 0) is 29.7 Å². The van der Waals surface area contributed by atoms with Crippen LogP contribution >= 0.6 is 0 Å². The summed E-state index contributed by atoms with van der Waals surface area (Å²) in [6.07, 6.45) is 0.513. The van der Waals surface area contributed by atoms with Crippen LogP contribution in [0.4, 0.5) is 8.78 Å². The van der Waals surface area contributed by atoms with E-state index in [1.807, 2.05) is 30.3 Å². The van der Waals surface area contributed by atoms with Gasteiger partial charge in [0.15, 0.2) is 5.96 Å². The lowest BCUT2D eigenvalue weighted by Gasteiger charge is -2.24. The molecule has 3 rings (SSSR count). The zero-order valence-electron chi connectivity index (χ0n) is 12.0. The van der Waals surface area contributed by atoms with Crippen LogP contribution in [0.2, 0.25) is 0 Å². The number of halogens is 2. The molecule has 0 bridgehead atoms. The average molecular weight is 301 g/mol. The Balaban J connectivity index is 1.88. The number of rotatable bonds is 4. The van der Waals surface area contributed by atoms with Crippen molar-refractivity contribution in [1.29, 1.82) is 0 Å². The van der Waals surface area contributed by atoms with Gasteiger partial charge in [0, 0.05) is 12.0 Å². The Morgan fingerprint density at radius 3 is 2.41 bits per heavy atom. The number of nitrogens with one attached hydrogen (secondary N) is 1. The van der Waals surface area contributed by atoms with Crippen molar-refractivity contribution in [1.82, 2.24) is 5.32 Å². The number of nitrogens with two attached hydrogens (primary N) is 1. The summed E-state index contributed by atoms with van der Waals surface area (Å²) < 4.78 is 26.8. The van der Waals surface area contributed by atoms with E-state index in [2.05, 4.69) is 10.3 Å². The number of benzene rings is 2. The van der Waals surface area contributed by atoms with Crippen molar-refractivity contribution in [3.63, 3.8) is 0 Å². The van der Waals surface area contributed by atoms with Crippen LogP contribution < -0.4 is 11.1 Å². The van der Waals surface area contributed by atoms with Crippen LogP contribution in [0.1, 0.15) is 17.0 Å². The molecular formula is C17H17F2N3. The van der Waals surface area contributed by atoms with Crippen LogP contribution in [0.5, 0.6) is 0 Å². The summed E-state index contributed by atoms with van der Waals surface area (Å²) in [7, 11) is 0. The fraction of sp³-hybridized carbons (Fsp3) is 0.235. The highest BCUT2D eigenvalue weighted by atomic mass is 19.1. The zero-order valence-corrected chi connectivity index (χ0v) is 12.0. The fourth-order valence-electron chi connectivity index (χ4n) is 2.88. The summed E-state index contributed by atoms with van der Waals surface area (Å²) in [6.45, 7) is 0.559. The van der Waals surface area contributed by atoms with Crippen LogP contribution in [-0.2, 0) is 6.42 Å². The van der Waals surface area contributed by atoms with Crippen LogP contribution in [0.25, 0.3) is 0 Å². The molecule has 2 aromatic rings. The summed E-state index contributed by atoms with van der Waals surface area (Å²) in [5.74, 6) is -0.669. The zero-order chi connectivity index (χ0) is 15.5. The first-order valence-corrected chi connectivity index (χ1v) is 7.18. The molecule has 2 unspecified atom stereocenters. The second-order valence-electron chi connectivity index (χ2n) is 5.48. The van der Waals surface area contributed by atoms with Gasteiger partial charge in [-0.15, -0.1) is 0 Å². The van der Waals surface area contributed by atoms with Crippen molar-refractivity contribution in [2.45, 2.75) is 18.4 Å². The molecule has 1 aliphatic rings. The third-order valence-corrected chi connectivity index (χ3v) is 3.88. The number of nitrogens with zero attached hydrogens (tertiary/aromatic N) is 1. The van der Waals surface area contributed by atoms with E-state index in [1.165, 1.54) is 12.1 Å². The van der Waals surface area contributed by atoms with Crippen molar-refractivity contribution in [3.8, 4) is 0 Å². The maximum Gasteiger partial charge on any atom is 0.188 e. The van der Waals surface area contributed by atoms with Gasteiger partial charge in [0.25, 0.3) is 0 Å². The lowest BCUT2D eigenvalue weighted by molar-refractivity contribution is 0.512. The molecule has 0 radical (unpaired) electrons. The molecule has 0 amide bonds. The van der Waals surface area contributed by atoms with E-state index < -0.39 is 11.6 Å². The maximum atomic E-state index is 13.4. The first-order chi connectivity index (χ1) is 10.6.